The van der Waals surface area contributed by atoms with Crippen molar-refractivity contribution < 1.29 is 26.4 Å². The zero-order valence-corrected chi connectivity index (χ0v) is 10.2. The maximum Gasteiger partial charge on any atom is 0.154 e. The van der Waals surface area contributed by atoms with Crippen LogP contribution in [0.3, 0.4) is 0 Å². The summed E-state index contributed by atoms with van der Waals surface area (Å²) in [5.41, 5.74) is 0. The van der Waals surface area contributed by atoms with Gasteiger partial charge in [0.05, 0.1) is 26.7 Å². The largest absolute Gasteiger partial charge is 1.00 e. The summed E-state index contributed by atoms with van der Waals surface area (Å²) < 4.78 is 11.7. The highest BCUT2D eigenvalue weighted by atomic mass is 35.5. The van der Waals surface area contributed by atoms with Gasteiger partial charge in [0.15, 0.2) is 6.29 Å². The maximum atomic E-state index is 5.48. The smallest absolute Gasteiger partial charge is 0.154 e. The fraction of sp³-hybridized carbons (Fsp3) is 1.00. The molecule has 1 atom stereocenters. The van der Waals surface area contributed by atoms with E-state index >= 15 is 0 Å². The number of ether oxygens (including phenoxy) is 2. The molecule has 0 aromatic carbocycles. The molecule has 1 aliphatic heterocycles. The standard InChI is InChI=1S/C10H22NO2.ClH/c1-10(12-3)13-9-8-11(2)6-4-5-7-11;/h10H,4-9H2,1-3H3;1H/q+1;/p-1. The molecule has 0 aromatic rings. The minimum atomic E-state index is -0.0609. The normalized spacial score (nSPS) is 21.6. The van der Waals surface area contributed by atoms with E-state index in [2.05, 4.69) is 7.05 Å². The second kappa shape index (κ2) is 6.62. The van der Waals surface area contributed by atoms with Gasteiger partial charge in [-0.1, -0.05) is 0 Å². The Morgan fingerprint density at radius 3 is 2.36 bits per heavy atom. The first-order valence-electron chi connectivity index (χ1n) is 5.14. The third-order valence-corrected chi connectivity index (χ3v) is 2.96. The van der Waals surface area contributed by atoms with Crippen molar-refractivity contribution in [3.05, 3.63) is 0 Å². The van der Waals surface area contributed by atoms with Crippen molar-refractivity contribution in [1.29, 1.82) is 0 Å². The zero-order chi connectivity index (χ0) is 9.73. The third kappa shape index (κ3) is 4.60. The van der Waals surface area contributed by atoms with Crippen LogP contribution in [0.4, 0.5) is 0 Å². The van der Waals surface area contributed by atoms with Gasteiger partial charge >= 0.3 is 0 Å². The molecule has 0 amide bonds. The SMILES string of the molecule is COC(C)OCC[N+]1(C)CCCC1.[Cl-]. The van der Waals surface area contributed by atoms with E-state index in [4.69, 9.17) is 9.47 Å². The second-order valence-corrected chi connectivity index (χ2v) is 4.17. The molecule has 14 heavy (non-hydrogen) atoms. The Morgan fingerprint density at radius 1 is 1.29 bits per heavy atom. The Bertz CT molecular complexity index is 149. The van der Waals surface area contributed by atoms with Gasteiger partial charge in [-0.3, -0.25) is 0 Å². The van der Waals surface area contributed by atoms with Crippen molar-refractivity contribution in [2.45, 2.75) is 26.1 Å². The zero-order valence-electron chi connectivity index (χ0n) is 9.46. The molecule has 1 rings (SSSR count). The maximum absolute atomic E-state index is 5.48. The Kier molecular flexibility index (Phi) is 6.70. The van der Waals surface area contributed by atoms with Crippen molar-refractivity contribution in [3.8, 4) is 0 Å². The van der Waals surface area contributed by atoms with Gasteiger partial charge in [0.2, 0.25) is 0 Å². The quantitative estimate of drug-likeness (QED) is 0.406. The van der Waals surface area contributed by atoms with E-state index < -0.39 is 0 Å². The molecule has 1 unspecified atom stereocenters. The minimum absolute atomic E-state index is 0. The monoisotopic (exact) mass is 223 g/mol. The van der Waals surface area contributed by atoms with Crippen molar-refractivity contribution in [2.75, 3.05) is 40.4 Å². The molecule has 0 bridgehead atoms. The highest BCUT2D eigenvalue weighted by Crippen LogP contribution is 2.15. The van der Waals surface area contributed by atoms with Crippen molar-refractivity contribution in [2.24, 2.45) is 0 Å². The molecule has 0 radical (unpaired) electrons. The van der Waals surface area contributed by atoms with E-state index in [-0.39, 0.29) is 18.7 Å². The summed E-state index contributed by atoms with van der Waals surface area (Å²) in [5, 5.41) is 0. The lowest BCUT2D eigenvalue weighted by molar-refractivity contribution is -0.898. The number of nitrogens with zero attached hydrogens (tertiary/aromatic N) is 1. The van der Waals surface area contributed by atoms with Crippen LogP contribution in [0.15, 0.2) is 0 Å². The Labute approximate surface area is 93.4 Å². The molecule has 0 aromatic heterocycles. The number of quaternary nitrogens is 1. The summed E-state index contributed by atoms with van der Waals surface area (Å²) in [6.45, 7) is 6.48. The molecular weight excluding hydrogens is 202 g/mol. The second-order valence-electron chi connectivity index (χ2n) is 4.17. The predicted molar refractivity (Wildman–Crippen MR) is 52.4 cm³/mol. The van der Waals surface area contributed by atoms with Crippen LogP contribution in [0.5, 0.6) is 0 Å². The Balaban J connectivity index is 0.00000169. The molecule has 1 fully saturated rings. The van der Waals surface area contributed by atoms with Crippen molar-refractivity contribution in [1.82, 2.24) is 0 Å². The molecule has 3 nitrogen and oxygen atoms in total. The van der Waals surface area contributed by atoms with Gasteiger partial charge in [-0.2, -0.15) is 0 Å². The average molecular weight is 224 g/mol. The first kappa shape index (κ1) is 14.2. The Morgan fingerprint density at radius 2 is 1.86 bits per heavy atom. The Hall–Kier alpha value is 0.170. The first-order valence-corrected chi connectivity index (χ1v) is 5.14. The number of hydrogen-bond acceptors (Lipinski definition) is 2. The summed E-state index contributed by atoms with van der Waals surface area (Å²) in [4.78, 5) is 0. The predicted octanol–water partition coefficient (Wildman–Crippen LogP) is -1.76. The van der Waals surface area contributed by atoms with Crippen LogP contribution in [0.1, 0.15) is 19.8 Å². The number of methoxy groups -OCH3 is 1. The van der Waals surface area contributed by atoms with E-state index in [1.807, 2.05) is 6.92 Å². The third-order valence-electron chi connectivity index (χ3n) is 2.96. The first-order chi connectivity index (χ1) is 6.16. The van der Waals surface area contributed by atoms with E-state index in [1.165, 1.54) is 30.4 Å². The molecule has 0 spiro atoms. The highest BCUT2D eigenvalue weighted by molar-refractivity contribution is 4.51. The van der Waals surface area contributed by atoms with E-state index in [0.717, 1.165) is 13.2 Å². The van der Waals surface area contributed by atoms with Crippen LogP contribution in [-0.2, 0) is 9.47 Å². The molecule has 0 N–H and O–H groups in total. The number of hydrogen-bond donors (Lipinski definition) is 0. The minimum Gasteiger partial charge on any atom is -1.00 e. The molecule has 0 aliphatic carbocycles. The molecule has 4 heteroatoms. The number of halogens is 1. The molecule has 1 heterocycles. The van der Waals surface area contributed by atoms with Crippen LogP contribution in [-0.4, -0.2) is 51.2 Å². The lowest BCUT2D eigenvalue weighted by Crippen LogP contribution is -3.00. The van der Waals surface area contributed by atoms with Gasteiger partial charge in [-0.25, -0.2) is 0 Å². The topological polar surface area (TPSA) is 18.5 Å². The number of likely N-dealkylation sites (tertiary alicyclic amines) is 1. The fourth-order valence-electron chi connectivity index (χ4n) is 1.83. The molecule has 1 aliphatic rings. The molecule has 1 saturated heterocycles. The van der Waals surface area contributed by atoms with Crippen LogP contribution in [0.2, 0.25) is 0 Å². The fourth-order valence-corrected chi connectivity index (χ4v) is 1.83. The van der Waals surface area contributed by atoms with Crippen LogP contribution in [0, 0.1) is 0 Å². The highest BCUT2D eigenvalue weighted by Gasteiger charge is 2.26. The number of likely N-dealkylation sites (N-methyl/N-ethyl adjacent to an activating group) is 1. The van der Waals surface area contributed by atoms with E-state index in [0.29, 0.717) is 0 Å². The lowest BCUT2D eigenvalue weighted by Gasteiger charge is -2.29. The van der Waals surface area contributed by atoms with Crippen LogP contribution >= 0.6 is 0 Å². The number of rotatable bonds is 5. The summed E-state index contributed by atoms with van der Waals surface area (Å²) in [7, 11) is 3.99. The van der Waals surface area contributed by atoms with Gasteiger partial charge in [0.25, 0.3) is 0 Å². The van der Waals surface area contributed by atoms with Crippen molar-refractivity contribution in [3.63, 3.8) is 0 Å². The molecule has 86 valence electrons. The van der Waals surface area contributed by atoms with E-state index in [9.17, 15) is 0 Å². The molecule has 0 saturated carbocycles. The summed E-state index contributed by atoms with van der Waals surface area (Å²) >= 11 is 0. The summed E-state index contributed by atoms with van der Waals surface area (Å²) in [6.07, 6.45) is 2.68. The molecular formula is C10H22ClNO2. The van der Waals surface area contributed by atoms with Gasteiger partial charge in [0, 0.05) is 20.0 Å². The summed E-state index contributed by atoms with van der Waals surface area (Å²) in [5.74, 6) is 0. The van der Waals surface area contributed by atoms with E-state index in [1.54, 1.807) is 7.11 Å². The van der Waals surface area contributed by atoms with Gasteiger partial charge in [-0.15, -0.1) is 0 Å². The van der Waals surface area contributed by atoms with Gasteiger partial charge < -0.3 is 26.4 Å². The van der Waals surface area contributed by atoms with Crippen LogP contribution in [0.25, 0.3) is 0 Å². The average Bonchev–Trinajstić information content (AvgIpc) is 2.52. The summed E-state index contributed by atoms with van der Waals surface area (Å²) in [6, 6.07) is 0. The van der Waals surface area contributed by atoms with Gasteiger partial charge in [0.1, 0.15) is 6.54 Å². The van der Waals surface area contributed by atoms with Crippen LogP contribution < -0.4 is 12.4 Å². The van der Waals surface area contributed by atoms with Crippen molar-refractivity contribution >= 4 is 0 Å². The lowest BCUT2D eigenvalue weighted by atomic mass is 10.4. The van der Waals surface area contributed by atoms with Gasteiger partial charge in [-0.05, 0) is 6.92 Å².